The third kappa shape index (κ3) is 4.33. The topological polar surface area (TPSA) is 56.5 Å². The van der Waals surface area contributed by atoms with Crippen LogP contribution in [-0.2, 0) is 9.47 Å². The summed E-state index contributed by atoms with van der Waals surface area (Å²) in [5.74, 6) is 8.67. The van der Waals surface area contributed by atoms with Gasteiger partial charge in [-0.25, -0.2) is 0 Å². The number of nitrogens with one attached hydrogen (secondary N) is 1. The molecule has 5 heteroatoms. The highest BCUT2D eigenvalue weighted by Gasteiger charge is 2.42. The summed E-state index contributed by atoms with van der Waals surface area (Å²) < 4.78 is 12.0. The zero-order valence-corrected chi connectivity index (χ0v) is 13.2. The second kappa shape index (κ2) is 6.31. The average Bonchev–Trinajstić information content (AvgIpc) is 2.77. The predicted octanol–water partition coefficient (Wildman–Crippen LogP) is 1.94. The molecule has 4 nitrogen and oxygen atoms in total. The van der Waals surface area contributed by atoms with Crippen LogP contribution >= 0.6 is 11.8 Å². The molecule has 0 aromatic carbocycles. The van der Waals surface area contributed by atoms with Gasteiger partial charge in [-0.05, 0) is 51.7 Å². The summed E-state index contributed by atoms with van der Waals surface area (Å²) in [7, 11) is 0. The minimum atomic E-state index is -0.110. The Morgan fingerprint density at radius 3 is 2.89 bits per heavy atom. The van der Waals surface area contributed by atoms with E-state index in [1.165, 1.54) is 12.2 Å². The molecule has 2 heterocycles. The zero-order valence-electron chi connectivity index (χ0n) is 12.4. The molecule has 2 aliphatic heterocycles. The van der Waals surface area contributed by atoms with Gasteiger partial charge in [-0.3, -0.25) is 11.3 Å². The van der Waals surface area contributed by atoms with E-state index in [0.29, 0.717) is 12.5 Å². The van der Waals surface area contributed by atoms with Gasteiger partial charge >= 0.3 is 0 Å². The monoisotopic (exact) mass is 288 g/mol. The normalized spacial score (nSPS) is 33.8. The maximum absolute atomic E-state index is 6.07. The van der Waals surface area contributed by atoms with Gasteiger partial charge in [0.2, 0.25) is 0 Å². The molecule has 0 bridgehead atoms. The molecule has 1 spiro atoms. The first-order chi connectivity index (χ1) is 8.94. The highest BCUT2D eigenvalue weighted by Crippen LogP contribution is 2.41. The molecule has 112 valence electrons. The molecule has 2 rings (SSSR count). The van der Waals surface area contributed by atoms with Crippen LogP contribution in [0.15, 0.2) is 0 Å². The molecule has 2 fully saturated rings. The standard InChI is InChI=1S/C14H28N2O2S/c1-13(2,3)18-9-12(16-15)11-4-6-17-14(8-11)5-7-19-10-14/h11-12,16H,4-10,15H2,1-3H3. The van der Waals surface area contributed by atoms with E-state index >= 15 is 0 Å². The zero-order chi connectivity index (χ0) is 13.9. The van der Waals surface area contributed by atoms with E-state index in [0.717, 1.165) is 25.2 Å². The van der Waals surface area contributed by atoms with Crippen LogP contribution in [0.5, 0.6) is 0 Å². The molecule has 3 atom stereocenters. The Kier molecular flexibility index (Phi) is 5.17. The fourth-order valence-electron chi connectivity index (χ4n) is 2.93. The molecule has 19 heavy (non-hydrogen) atoms. The van der Waals surface area contributed by atoms with Gasteiger partial charge in [-0.2, -0.15) is 11.8 Å². The van der Waals surface area contributed by atoms with Gasteiger partial charge in [0.1, 0.15) is 0 Å². The molecule has 0 aromatic rings. The van der Waals surface area contributed by atoms with Gasteiger partial charge in [0.15, 0.2) is 0 Å². The van der Waals surface area contributed by atoms with Crippen molar-refractivity contribution in [1.82, 2.24) is 5.43 Å². The van der Waals surface area contributed by atoms with Gasteiger partial charge in [0.05, 0.1) is 17.8 Å². The van der Waals surface area contributed by atoms with Crippen LogP contribution in [0, 0.1) is 5.92 Å². The van der Waals surface area contributed by atoms with Gasteiger partial charge in [0.25, 0.3) is 0 Å². The summed E-state index contributed by atoms with van der Waals surface area (Å²) in [5.41, 5.74) is 2.97. The Labute approximate surface area is 121 Å². The van der Waals surface area contributed by atoms with Crippen LogP contribution < -0.4 is 11.3 Å². The molecule has 3 unspecified atom stereocenters. The Bertz CT molecular complexity index is 288. The van der Waals surface area contributed by atoms with E-state index in [1.807, 2.05) is 11.8 Å². The Balaban J connectivity index is 1.90. The molecule has 0 radical (unpaired) electrons. The van der Waals surface area contributed by atoms with Crippen molar-refractivity contribution < 1.29 is 9.47 Å². The first kappa shape index (κ1) is 15.6. The number of rotatable bonds is 4. The minimum Gasteiger partial charge on any atom is -0.374 e. The first-order valence-corrected chi connectivity index (χ1v) is 8.41. The smallest absolute Gasteiger partial charge is 0.0783 e. The number of thioether (sulfide) groups is 1. The van der Waals surface area contributed by atoms with Crippen molar-refractivity contribution in [1.29, 1.82) is 0 Å². The molecule has 0 aliphatic carbocycles. The summed E-state index contributed by atoms with van der Waals surface area (Å²) >= 11 is 2.01. The molecule has 0 aromatic heterocycles. The fraction of sp³-hybridized carbons (Fsp3) is 1.00. The van der Waals surface area contributed by atoms with Gasteiger partial charge < -0.3 is 9.47 Å². The SMILES string of the molecule is CC(C)(C)OCC(NN)C1CCOC2(CCSC2)C1. The van der Waals surface area contributed by atoms with Crippen molar-refractivity contribution in [3.05, 3.63) is 0 Å². The third-order valence-corrected chi connectivity index (χ3v) is 5.30. The van der Waals surface area contributed by atoms with E-state index < -0.39 is 0 Å². The van der Waals surface area contributed by atoms with Crippen molar-refractivity contribution in [2.45, 2.75) is 57.3 Å². The molecular formula is C14H28N2O2S. The van der Waals surface area contributed by atoms with Crippen LogP contribution in [0.4, 0.5) is 0 Å². The summed E-state index contributed by atoms with van der Waals surface area (Å²) in [6.07, 6.45) is 3.38. The Morgan fingerprint density at radius 2 is 2.32 bits per heavy atom. The van der Waals surface area contributed by atoms with Crippen LogP contribution in [0.25, 0.3) is 0 Å². The van der Waals surface area contributed by atoms with Crippen molar-refractivity contribution >= 4 is 11.8 Å². The summed E-state index contributed by atoms with van der Waals surface area (Å²) in [5, 5.41) is 0. The maximum Gasteiger partial charge on any atom is 0.0783 e. The van der Waals surface area contributed by atoms with Gasteiger partial charge in [0, 0.05) is 18.4 Å². The summed E-state index contributed by atoms with van der Waals surface area (Å²) in [6.45, 7) is 7.78. The van der Waals surface area contributed by atoms with Crippen molar-refractivity contribution in [3.8, 4) is 0 Å². The van der Waals surface area contributed by atoms with Crippen LogP contribution in [0.3, 0.4) is 0 Å². The molecule has 2 aliphatic rings. The van der Waals surface area contributed by atoms with E-state index in [4.69, 9.17) is 15.3 Å². The number of hydrogen-bond donors (Lipinski definition) is 2. The summed E-state index contributed by atoms with van der Waals surface area (Å²) in [6, 6.07) is 0.227. The van der Waals surface area contributed by atoms with Crippen LogP contribution in [0.1, 0.15) is 40.0 Å². The number of hydrazine groups is 1. The predicted molar refractivity (Wildman–Crippen MR) is 80.2 cm³/mol. The second-order valence-corrected chi connectivity index (χ2v) is 7.89. The Hall–Kier alpha value is 0.190. The molecule has 0 saturated carbocycles. The number of hydrogen-bond acceptors (Lipinski definition) is 5. The lowest BCUT2D eigenvalue weighted by Crippen LogP contribution is -2.51. The van der Waals surface area contributed by atoms with Crippen molar-refractivity contribution in [2.75, 3.05) is 24.7 Å². The van der Waals surface area contributed by atoms with Gasteiger partial charge in [-0.1, -0.05) is 0 Å². The first-order valence-electron chi connectivity index (χ1n) is 7.26. The molecule has 2 saturated heterocycles. The fourth-order valence-corrected chi connectivity index (χ4v) is 4.31. The van der Waals surface area contributed by atoms with E-state index in [2.05, 4.69) is 26.2 Å². The van der Waals surface area contributed by atoms with Crippen molar-refractivity contribution in [2.24, 2.45) is 11.8 Å². The molecule has 0 amide bonds. The highest BCUT2D eigenvalue weighted by molar-refractivity contribution is 7.99. The number of ether oxygens (including phenoxy) is 2. The van der Waals surface area contributed by atoms with E-state index in [9.17, 15) is 0 Å². The van der Waals surface area contributed by atoms with Gasteiger partial charge in [-0.15, -0.1) is 0 Å². The molecule has 3 N–H and O–H groups in total. The van der Waals surface area contributed by atoms with E-state index in [1.54, 1.807) is 0 Å². The molecular weight excluding hydrogens is 260 g/mol. The maximum atomic E-state index is 6.07. The van der Waals surface area contributed by atoms with Crippen LogP contribution in [0.2, 0.25) is 0 Å². The minimum absolute atomic E-state index is 0.110. The van der Waals surface area contributed by atoms with Crippen LogP contribution in [-0.4, -0.2) is 42.0 Å². The van der Waals surface area contributed by atoms with Crippen molar-refractivity contribution in [3.63, 3.8) is 0 Å². The Morgan fingerprint density at radius 1 is 1.53 bits per heavy atom. The second-order valence-electron chi connectivity index (χ2n) is 6.78. The lowest BCUT2D eigenvalue weighted by atomic mass is 9.81. The largest absolute Gasteiger partial charge is 0.374 e. The summed E-state index contributed by atoms with van der Waals surface area (Å²) in [4.78, 5) is 0. The highest BCUT2D eigenvalue weighted by atomic mass is 32.2. The lowest BCUT2D eigenvalue weighted by Gasteiger charge is -2.41. The quantitative estimate of drug-likeness (QED) is 0.611. The van der Waals surface area contributed by atoms with E-state index in [-0.39, 0.29) is 17.2 Å². The number of nitrogens with two attached hydrogens (primary N) is 1. The lowest BCUT2D eigenvalue weighted by molar-refractivity contribution is -0.0960. The average molecular weight is 288 g/mol. The third-order valence-electron chi connectivity index (χ3n) is 4.08.